The van der Waals surface area contributed by atoms with Crippen LogP contribution in [0.1, 0.15) is 39.5 Å². The highest BCUT2D eigenvalue weighted by Crippen LogP contribution is 2.10. The monoisotopic (exact) mass is 226 g/mol. The second-order valence-electron chi connectivity index (χ2n) is 4.87. The summed E-state index contributed by atoms with van der Waals surface area (Å²) in [5.74, 6) is 0.801. The van der Waals surface area contributed by atoms with Gasteiger partial charge in [0.05, 0.1) is 5.92 Å². The molecule has 4 nitrogen and oxygen atoms in total. The van der Waals surface area contributed by atoms with Gasteiger partial charge in [0.2, 0.25) is 11.8 Å². The molecule has 16 heavy (non-hydrogen) atoms. The fraction of sp³-hybridized carbons (Fsp3) is 0.833. The van der Waals surface area contributed by atoms with E-state index in [9.17, 15) is 9.59 Å². The standard InChI is InChI=1S/C12H22N2O2/c1-9(2)4-3-7-13-12(16)10-5-6-11(15)14-8-10/h9-10H,3-8H2,1-2H3,(H,13,16)(H,14,15)/t10-/m0/s1. The Morgan fingerprint density at radius 2 is 2.31 bits per heavy atom. The number of amides is 2. The van der Waals surface area contributed by atoms with Crippen molar-refractivity contribution in [3.8, 4) is 0 Å². The summed E-state index contributed by atoms with van der Waals surface area (Å²) in [7, 11) is 0. The Morgan fingerprint density at radius 3 is 2.88 bits per heavy atom. The van der Waals surface area contributed by atoms with Crippen LogP contribution in [0.3, 0.4) is 0 Å². The topological polar surface area (TPSA) is 58.2 Å². The summed E-state index contributed by atoms with van der Waals surface area (Å²) in [5.41, 5.74) is 0. The first-order chi connectivity index (χ1) is 7.59. The Morgan fingerprint density at radius 1 is 1.56 bits per heavy atom. The van der Waals surface area contributed by atoms with E-state index < -0.39 is 0 Å². The predicted molar refractivity (Wildman–Crippen MR) is 62.8 cm³/mol. The molecule has 0 bridgehead atoms. The van der Waals surface area contributed by atoms with Crippen molar-refractivity contribution >= 4 is 11.8 Å². The van der Waals surface area contributed by atoms with E-state index in [1.54, 1.807) is 0 Å². The van der Waals surface area contributed by atoms with Gasteiger partial charge in [0.15, 0.2) is 0 Å². The zero-order valence-corrected chi connectivity index (χ0v) is 10.2. The van der Waals surface area contributed by atoms with Gasteiger partial charge in [-0.05, 0) is 25.2 Å². The molecule has 0 radical (unpaired) electrons. The minimum atomic E-state index is -0.0308. The van der Waals surface area contributed by atoms with Gasteiger partial charge in [-0.3, -0.25) is 9.59 Å². The van der Waals surface area contributed by atoms with Gasteiger partial charge in [-0.15, -0.1) is 0 Å². The van der Waals surface area contributed by atoms with Crippen molar-refractivity contribution in [1.82, 2.24) is 10.6 Å². The van der Waals surface area contributed by atoms with Crippen LogP contribution < -0.4 is 10.6 Å². The van der Waals surface area contributed by atoms with Gasteiger partial charge in [0, 0.05) is 19.5 Å². The first kappa shape index (κ1) is 13.0. The van der Waals surface area contributed by atoms with E-state index in [0.29, 0.717) is 25.3 Å². The Bertz CT molecular complexity index is 241. The maximum Gasteiger partial charge on any atom is 0.224 e. The molecule has 0 unspecified atom stereocenters. The molecule has 1 heterocycles. The molecule has 1 aliphatic heterocycles. The number of nitrogens with one attached hydrogen (secondary N) is 2. The van der Waals surface area contributed by atoms with Crippen molar-refractivity contribution in [3.63, 3.8) is 0 Å². The molecule has 0 spiro atoms. The predicted octanol–water partition coefficient (Wildman–Crippen LogP) is 1.06. The van der Waals surface area contributed by atoms with Gasteiger partial charge < -0.3 is 10.6 Å². The molecule has 1 rings (SSSR count). The summed E-state index contributed by atoms with van der Waals surface area (Å²) in [5, 5.41) is 5.65. The van der Waals surface area contributed by atoms with Crippen molar-refractivity contribution in [3.05, 3.63) is 0 Å². The van der Waals surface area contributed by atoms with Crippen LogP contribution in [0.25, 0.3) is 0 Å². The summed E-state index contributed by atoms with van der Waals surface area (Å²) in [4.78, 5) is 22.6. The molecule has 0 aromatic carbocycles. The van der Waals surface area contributed by atoms with Crippen LogP contribution in [0, 0.1) is 11.8 Å². The van der Waals surface area contributed by atoms with Crippen LogP contribution in [0.15, 0.2) is 0 Å². The van der Waals surface area contributed by atoms with E-state index >= 15 is 0 Å². The van der Waals surface area contributed by atoms with E-state index in [1.165, 1.54) is 0 Å². The second-order valence-corrected chi connectivity index (χ2v) is 4.87. The normalized spacial score (nSPS) is 20.7. The van der Waals surface area contributed by atoms with E-state index in [-0.39, 0.29) is 17.7 Å². The number of hydrogen-bond donors (Lipinski definition) is 2. The Hall–Kier alpha value is -1.06. The van der Waals surface area contributed by atoms with Crippen LogP contribution >= 0.6 is 0 Å². The van der Waals surface area contributed by atoms with Gasteiger partial charge in [0.25, 0.3) is 0 Å². The highest BCUT2D eigenvalue weighted by Gasteiger charge is 2.23. The SMILES string of the molecule is CC(C)CCCNC(=O)[C@H]1CCC(=O)NC1. The Kier molecular flexibility index (Phi) is 5.29. The summed E-state index contributed by atoms with van der Waals surface area (Å²) in [6.07, 6.45) is 3.33. The first-order valence-corrected chi connectivity index (χ1v) is 6.14. The molecule has 1 aliphatic rings. The van der Waals surface area contributed by atoms with Gasteiger partial charge in [0.1, 0.15) is 0 Å². The number of carbonyl (C=O) groups excluding carboxylic acids is 2. The van der Waals surface area contributed by atoms with Gasteiger partial charge in [-0.2, -0.15) is 0 Å². The molecular formula is C12H22N2O2. The van der Waals surface area contributed by atoms with Gasteiger partial charge >= 0.3 is 0 Å². The van der Waals surface area contributed by atoms with E-state index in [2.05, 4.69) is 24.5 Å². The molecule has 0 aliphatic carbocycles. The van der Waals surface area contributed by atoms with Crippen LogP contribution in [0.5, 0.6) is 0 Å². The molecule has 2 N–H and O–H groups in total. The number of piperidine rings is 1. The lowest BCUT2D eigenvalue weighted by molar-refractivity contribution is -0.128. The van der Waals surface area contributed by atoms with Crippen molar-refractivity contribution in [1.29, 1.82) is 0 Å². The smallest absolute Gasteiger partial charge is 0.224 e. The molecule has 0 saturated carbocycles. The summed E-state index contributed by atoms with van der Waals surface area (Å²) < 4.78 is 0. The molecule has 0 aromatic heterocycles. The molecule has 1 saturated heterocycles. The second kappa shape index (κ2) is 6.51. The van der Waals surface area contributed by atoms with Crippen molar-refractivity contribution in [2.75, 3.05) is 13.1 Å². The van der Waals surface area contributed by atoms with E-state index in [1.807, 2.05) is 0 Å². The zero-order valence-electron chi connectivity index (χ0n) is 10.2. The Balaban J connectivity index is 2.12. The highest BCUT2D eigenvalue weighted by molar-refractivity contribution is 5.83. The zero-order chi connectivity index (χ0) is 12.0. The number of rotatable bonds is 5. The van der Waals surface area contributed by atoms with Crippen molar-refractivity contribution in [2.45, 2.75) is 39.5 Å². The Labute approximate surface area is 97.2 Å². The van der Waals surface area contributed by atoms with Gasteiger partial charge in [-0.25, -0.2) is 0 Å². The maximum atomic E-state index is 11.7. The van der Waals surface area contributed by atoms with Crippen LogP contribution in [-0.2, 0) is 9.59 Å². The lowest BCUT2D eigenvalue weighted by Crippen LogP contribution is -2.43. The fourth-order valence-electron chi connectivity index (χ4n) is 1.82. The minimum absolute atomic E-state index is 0.0308. The summed E-state index contributed by atoms with van der Waals surface area (Å²) in [6, 6.07) is 0. The summed E-state index contributed by atoms with van der Waals surface area (Å²) in [6.45, 7) is 5.60. The van der Waals surface area contributed by atoms with Crippen LogP contribution in [0.4, 0.5) is 0 Å². The third-order valence-corrected chi connectivity index (χ3v) is 2.89. The number of carbonyl (C=O) groups is 2. The third kappa shape index (κ3) is 4.64. The molecular weight excluding hydrogens is 204 g/mol. The fourth-order valence-corrected chi connectivity index (χ4v) is 1.82. The quantitative estimate of drug-likeness (QED) is 0.689. The lowest BCUT2D eigenvalue weighted by Gasteiger charge is -2.21. The maximum absolute atomic E-state index is 11.7. The van der Waals surface area contributed by atoms with Gasteiger partial charge in [-0.1, -0.05) is 13.8 Å². The molecule has 1 atom stereocenters. The van der Waals surface area contributed by atoms with Crippen LogP contribution in [0.2, 0.25) is 0 Å². The molecule has 92 valence electrons. The van der Waals surface area contributed by atoms with Crippen molar-refractivity contribution < 1.29 is 9.59 Å². The average molecular weight is 226 g/mol. The molecule has 2 amide bonds. The van der Waals surface area contributed by atoms with Crippen LogP contribution in [-0.4, -0.2) is 24.9 Å². The molecule has 1 fully saturated rings. The van der Waals surface area contributed by atoms with E-state index in [4.69, 9.17) is 0 Å². The molecule has 0 aromatic rings. The minimum Gasteiger partial charge on any atom is -0.356 e. The largest absolute Gasteiger partial charge is 0.356 e. The number of hydrogen-bond acceptors (Lipinski definition) is 2. The van der Waals surface area contributed by atoms with E-state index in [0.717, 1.165) is 19.4 Å². The summed E-state index contributed by atoms with van der Waals surface area (Å²) >= 11 is 0. The highest BCUT2D eigenvalue weighted by atomic mass is 16.2. The third-order valence-electron chi connectivity index (χ3n) is 2.89. The molecule has 4 heteroatoms. The average Bonchev–Trinajstić information content (AvgIpc) is 2.25. The first-order valence-electron chi connectivity index (χ1n) is 6.14. The lowest BCUT2D eigenvalue weighted by atomic mass is 9.98. The van der Waals surface area contributed by atoms with Crippen molar-refractivity contribution in [2.24, 2.45) is 11.8 Å².